The Morgan fingerprint density at radius 2 is 1.92 bits per heavy atom. The Morgan fingerprint density at radius 3 is 2.52 bits per heavy atom. The molecule has 1 aliphatic rings. The fourth-order valence-electron chi connectivity index (χ4n) is 3.45. The summed E-state index contributed by atoms with van der Waals surface area (Å²) >= 11 is 0. The maximum absolute atomic E-state index is 12.8. The van der Waals surface area contributed by atoms with Gasteiger partial charge in [0, 0.05) is 32.2 Å². The van der Waals surface area contributed by atoms with Crippen LogP contribution in [0.5, 0.6) is 0 Å². The number of hydrogen-bond donors (Lipinski definition) is 1. The van der Waals surface area contributed by atoms with Crippen LogP contribution in [0.25, 0.3) is 0 Å². The molecule has 1 aliphatic heterocycles. The zero-order valence-corrected chi connectivity index (χ0v) is 15.8. The van der Waals surface area contributed by atoms with Gasteiger partial charge in [0.05, 0.1) is 12.0 Å². The standard InChI is InChI=1S/C20H30N2O3/c1-14-10-15(2)12-18(11-14)20(25)22-8-5-6-17(13-22)19(24)21(4)9-7-16(3)23/h10-12,16-17,23H,5-9,13H2,1-4H3. The van der Waals surface area contributed by atoms with Gasteiger partial charge in [0.2, 0.25) is 5.91 Å². The number of nitrogens with zero attached hydrogens (tertiary/aromatic N) is 2. The predicted molar refractivity (Wildman–Crippen MR) is 98.5 cm³/mol. The number of rotatable bonds is 5. The molecule has 2 rings (SSSR count). The van der Waals surface area contributed by atoms with E-state index in [1.807, 2.05) is 30.9 Å². The molecule has 25 heavy (non-hydrogen) atoms. The molecule has 2 unspecified atom stereocenters. The summed E-state index contributed by atoms with van der Waals surface area (Å²) in [7, 11) is 1.77. The summed E-state index contributed by atoms with van der Waals surface area (Å²) in [6, 6.07) is 5.88. The first-order valence-electron chi connectivity index (χ1n) is 9.08. The summed E-state index contributed by atoms with van der Waals surface area (Å²) in [4.78, 5) is 28.9. The van der Waals surface area contributed by atoms with E-state index >= 15 is 0 Å². The molecule has 1 heterocycles. The van der Waals surface area contributed by atoms with Crippen molar-refractivity contribution in [3.8, 4) is 0 Å². The van der Waals surface area contributed by atoms with Crippen molar-refractivity contribution >= 4 is 11.8 Å². The molecule has 0 saturated carbocycles. The summed E-state index contributed by atoms with van der Waals surface area (Å²) in [5, 5.41) is 9.39. The molecule has 1 aromatic carbocycles. The molecule has 0 aliphatic carbocycles. The van der Waals surface area contributed by atoms with Crippen LogP contribution in [-0.2, 0) is 4.79 Å². The van der Waals surface area contributed by atoms with Gasteiger partial charge in [-0.15, -0.1) is 0 Å². The van der Waals surface area contributed by atoms with Crippen molar-refractivity contribution < 1.29 is 14.7 Å². The van der Waals surface area contributed by atoms with Crippen molar-refractivity contribution in [1.82, 2.24) is 9.80 Å². The van der Waals surface area contributed by atoms with Gasteiger partial charge in [-0.05, 0) is 52.2 Å². The molecule has 5 heteroatoms. The average molecular weight is 346 g/mol. The highest BCUT2D eigenvalue weighted by Gasteiger charge is 2.30. The number of aliphatic hydroxyl groups excluding tert-OH is 1. The van der Waals surface area contributed by atoms with E-state index in [0.717, 1.165) is 24.0 Å². The van der Waals surface area contributed by atoms with Crippen LogP contribution in [-0.4, -0.2) is 59.5 Å². The van der Waals surface area contributed by atoms with E-state index < -0.39 is 6.10 Å². The zero-order chi connectivity index (χ0) is 18.6. The Morgan fingerprint density at radius 1 is 1.28 bits per heavy atom. The Bertz CT molecular complexity index is 607. The van der Waals surface area contributed by atoms with Crippen molar-refractivity contribution in [2.45, 2.75) is 46.1 Å². The maximum atomic E-state index is 12.8. The van der Waals surface area contributed by atoms with Crippen LogP contribution in [0.15, 0.2) is 18.2 Å². The minimum absolute atomic E-state index is 0.0101. The Labute approximate surface area is 150 Å². The monoisotopic (exact) mass is 346 g/mol. The fraction of sp³-hybridized carbons (Fsp3) is 0.600. The Hall–Kier alpha value is -1.88. The van der Waals surface area contributed by atoms with Gasteiger partial charge in [-0.25, -0.2) is 0 Å². The molecule has 1 aromatic rings. The van der Waals surface area contributed by atoms with Gasteiger partial charge in [-0.1, -0.05) is 17.2 Å². The molecule has 2 amide bonds. The smallest absolute Gasteiger partial charge is 0.253 e. The van der Waals surface area contributed by atoms with E-state index in [2.05, 4.69) is 6.07 Å². The van der Waals surface area contributed by atoms with Crippen LogP contribution in [0.1, 0.15) is 47.7 Å². The van der Waals surface area contributed by atoms with Gasteiger partial charge in [0.25, 0.3) is 5.91 Å². The number of aryl methyl sites for hydroxylation is 2. The number of benzene rings is 1. The van der Waals surface area contributed by atoms with E-state index in [4.69, 9.17) is 0 Å². The van der Waals surface area contributed by atoms with Crippen LogP contribution >= 0.6 is 0 Å². The first-order valence-corrected chi connectivity index (χ1v) is 9.08. The molecule has 2 atom stereocenters. The maximum Gasteiger partial charge on any atom is 0.253 e. The summed E-state index contributed by atoms with van der Waals surface area (Å²) < 4.78 is 0. The lowest BCUT2D eigenvalue weighted by molar-refractivity contribution is -0.135. The Balaban J connectivity index is 2.02. The van der Waals surface area contributed by atoms with Crippen molar-refractivity contribution in [3.05, 3.63) is 34.9 Å². The second kappa shape index (κ2) is 8.48. The molecule has 0 aromatic heterocycles. The molecule has 5 nitrogen and oxygen atoms in total. The lowest BCUT2D eigenvalue weighted by Gasteiger charge is -2.34. The SMILES string of the molecule is Cc1cc(C)cc(C(=O)N2CCCC(C(=O)N(C)CCC(C)O)C2)c1. The third-order valence-corrected chi connectivity index (χ3v) is 4.78. The van der Waals surface area contributed by atoms with Crippen LogP contribution in [0.2, 0.25) is 0 Å². The summed E-state index contributed by atoms with van der Waals surface area (Å²) in [5.74, 6) is -0.0721. The number of likely N-dealkylation sites (tertiary alicyclic amines) is 1. The lowest BCUT2D eigenvalue weighted by Crippen LogP contribution is -2.46. The fourth-order valence-corrected chi connectivity index (χ4v) is 3.45. The van der Waals surface area contributed by atoms with E-state index in [1.54, 1.807) is 18.9 Å². The first-order chi connectivity index (χ1) is 11.8. The molecular weight excluding hydrogens is 316 g/mol. The van der Waals surface area contributed by atoms with Crippen molar-refractivity contribution in [2.24, 2.45) is 5.92 Å². The molecule has 0 radical (unpaired) electrons. The van der Waals surface area contributed by atoms with Crippen LogP contribution < -0.4 is 0 Å². The third-order valence-electron chi connectivity index (χ3n) is 4.78. The van der Waals surface area contributed by atoms with Crippen molar-refractivity contribution in [1.29, 1.82) is 0 Å². The molecule has 1 N–H and O–H groups in total. The number of piperidine rings is 1. The quantitative estimate of drug-likeness (QED) is 0.890. The zero-order valence-electron chi connectivity index (χ0n) is 15.8. The second-order valence-corrected chi connectivity index (χ2v) is 7.36. The summed E-state index contributed by atoms with van der Waals surface area (Å²) in [6.45, 7) is 7.42. The topological polar surface area (TPSA) is 60.9 Å². The molecule has 138 valence electrons. The van der Waals surface area contributed by atoms with Crippen molar-refractivity contribution in [2.75, 3.05) is 26.7 Å². The average Bonchev–Trinajstić information content (AvgIpc) is 2.57. The molecular formula is C20H30N2O3. The highest BCUT2D eigenvalue weighted by Crippen LogP contribution is 2.21. The largest absolute Gasteiger partial charge is 0.393 e. The lowest BCUT2D eigenvalue weighted by atomic mass is 9.95. The summed E-state index contributed by atoms with van der Waals surface area (Å²) in [6.07, 6.45) is 1.82. The van der Waals surface area contributed by atoms with Gasteiger partial charge in [0.1, 0.15) is 0 Å². The van der Waals surface area contributed by atoms with Gasteiger partial charge in [0.15, 0.2) is 0 Å². The van der Waals surface area contributed by atoms with Gasteiger partial charge in [-0.2, -0.15) is 0 Å². The normalized spacial score (nSPS) is 18.8. The second-order valence-electron chi connectivity index (χ2n) is 7.36. The van der Waals surface area contributed by atoms with E-state index in [9.17, 15) is 14.7 Å². The number of hydrogen-bond acceptors (Lipinski definition) is 3. The van der Waals surface area contributed by atoms with E-state index in [1.165, 1.54) is 0 Å². The highest BCUT2D eigenvalue weighted by molar-refractivity contribution is 5.95. The minimum atomic E-state index is -0.413. The number of aliphatic hydroxyl groups is 1. The summed E-state index contributed by atoms with van der Waals surface area (Å²) in [5.41, 5.74) is 2.85. The van der Waals surface area contributed by atoms with E-state index in [0.29, 0.717) is 31.6 Å². The molecule has 0 spiro atoms. The highest BCUT2D eigenvalue weighted by atomic mass is 16.3. The number of amides is 2. The van der Waals surface area contributed by atoms with Gasteiger partial charge >= 0.3 is 0 Å². The van der Waals surface area contributed by atoms with E-state index in [-0.39, 0.29) is 17.7 Å². The first kappa shape index (κ1) is 19.4. The minimum Gasteiger partial charge on any atom is -0.393 e. The van der Waals surface area contributed by atoms with Crippen LogP contribution in [0.4, 0.5) is 0 Å². The van der Waals surface area contributed by atoms with Crippen LogP contribution in [0.3, 0.4) is 0 Å². The number of carbonyl (C=O) groups is 2. The number of carbonyl (C=O) groups excluding carboxylic acids is 2. The molecule has 1 fully saturated rings. The van der Waals surface area contributed by atoms with Gasteiger partial charge < -0.3 is 14.9 Å². The third kappa shape index (κ3) is 5.30. The predicted octanol–water partition coefficient (Wildman–Crippen LogP) is 2.38. The van der Waals surface area contributed by atoms with Crippen molar-refractivity contribution in [3.63, 3.8) is 0 Å². The molecule has 0 bridgehead atoms. The van der Waals surface area contributed by atoms with Crippen LogP contribution in [0, 0.1) is 19.8 Å². The molecule has 1 saturated heterocycles. The van der Waals surface area contributed by atoms with Gasteiger partial charge in [-0.3, -0.25) is 9.59 Å². The Kier molecular flexibility index (Phi) is 6.59.